The first-order valence-electron chi connectivity index (χ1n) is 12.1. The molecule has 0 fully saturated rings. The lowest BCUT2D eigenvalue weighted by atomic mass is 10.1. The Morgan fingerprint density at radius 3 is 1.49 bits per heavy atom. The normalized spacial score (nSPS) is 13.5. The summed E-state index contributed by atoms with van der Waals surface area (Å²) in [4.78, 5) is -5.59. The van der Waals surface area contributed by atoms with Crippen molar-refractivity contribution in [2.75, 3.05) is 11.5 Å². The molecule has 262 valence electrons. The van der Waals surface area contributed by atoms with Gasteiger partial charge in [-0.2, -0.15) is 42.1 Å². The number of phenolic OH excluding ortho intramolecular Hbond substituents is 1. The summed E-state index contributed by atoms with van der Waals surface area (Å²) in [5, 5.41) is 23.5. The first-order valence-corrected chi connectivity index (χ1v) is 19.3. The predicted octanol–water partition coefficient (Wildman–Crippen LogP) is 2.77. The van der Waals surface area contributed by atoms with Crippen molar-refractivity contribution < 1.29 is 70.0 Å². The zero-order valence-corrected chi connectivity index (χ0v) is 27.5. The van der Waals surface area contributed by atoms with E-state index >= 15 is 0 Å². The highest BCUT2D eigenvalue weighted by molar-refractivity contribution is 7.87. The van der Waals surface area contributed by atoms with Crippen LogP contribution in [0.15, 0.2) is 93.5 Å². The molecule has 10 N–H and O–H groups in total. The van der Waals surface area contributed by atoms with Gasteiger partial charge in [-0.25, -0.2) is 0 Å². The van der Waals surface area contributed by atoms with E-state index < -0.39 is 120 Å². The second kappa shape index (κ2) is 12.3. The summed E-state index contributed by atoms with van der Waals surface area (Å²) in [5.74, 6) is -1.35. The van der Waals surface area contributed by atoms with Gasteiger partial charge in [0.25, 0.3) is 50.6 Å². The number of azo groups is 2. The molecule has 0 saturated carbocycles. The van der Waals surface area contributed by atoms with Crippen molar-refractivity contribution in [2.45, 2.75) is 24.5 Å². The number of nitrogens with two attached hydrogens (primary N) is 2. The van der Waals surface area contributed by atoms with Crippen LogP contribution in [-0.4, -0.2) is 70.0 Å². The number of nitrogens with zero attached hydrogens (tertiary/aromatic N) is 4. The molecule has 4 rings (SSSR count). The molecule has 0 aliphatic carbocycles. The number of hydrogen-bond donors (Lipinski definition) is 8. The molecule has 27 heteroatoms. The molecule has 0 aliphatic heterocycles. The lowest BCUT2D eigenvalue weighted by Crippen LogP contribution is -2.04. The van der Waals surface area contributed by atoms with Crippen molar-refractivity contribution in [3.8, 4) is 5.75 Å². The van der Waals surface area contributed by atoms with Crippen molar-refractivity contribution in [3.63, 3.8) is 0 Å². The van der Waals surface area contributed by atoms with Crippen molar-refractivity contribution in [1.29, 1.82) is 0 Å². The van der Waals surface area contributed by atoms with E-state index in [0.29, 0.717) is 30.3 Å². The standard InChI is InChI=1S/C22H18N6O16S5/c23-10-1-3-12(15(7-10)47(36,37)38)25-27-20-16(48(39,40)41)5-9-6-17(49(42,43)44)21(22(29)18(9)19(20)24)28-26-13-8-11(45(30,31)32)2-4-14(13)46(33,34)35/h1-8,29H,23-24H2,(H,30,31,32)(H,33,34,35)(H,36,37,38)(H,39,40,41)(H,42,43,44). The Balaban J connectivity index is 2.10. The van der Waals surface area contributed by atoms with Crippen molar-refractivity contribution in [2.24, 2.45) is 20.5 Å². The molecule has 4 aromatic rings. The number of fused-ring (bicyclic) bond motifs is 1. The lowest BCUT2D eigenvalue weighted by Gasteiger charge is -2.14. The van der Waals surface area contributed by atoms with Crippen LogP contribution in [0, 0.1) is 0 Å². The van der Waals surface area contributed by atoms with E-state index in [0.717, 1.165) is 18.2 Å². The smallest absolute Gasteiger partial charge is 0.296 e. The maximum absolute atomic E-state index is 12.3. The summed E-state index contributed by atoms with van der Waals surface area (Å²) in [5.41, 5.74) is 6.52. The highest BCUT2D eigenvalue weighted by Gasteiger charge is 2.29. The number of rotatable bonds is 9. The highest BCUT2D eigenvalue weighted by atomic mass is 32.2. The van der Waals surface area contributed by atoms with Gasteiger partial charge in [0.15, 0.2) is 5.75 Å². The molecule has 0 amide bonds. The molecule has 0 spiro atoms. The molecule has 0 atom stereocenters. The summed E-state index contributed by atoms with van der Waals surface area (Å²) in [6, 6.07) is 5.13. The van der Waals surface area contributed by atoms with Crippen LogP contribution >= 0.6 is 0 Å². The Morgan fingerprint density at radius 2 is 0.980 bits per heavy atom. The van der Waals surface area contributed by atoms with Crippen LogP contribution in [0.3, 0.4) is 0 Å². The molecule has 0 aromatic heterocycles. The topological polar surface area (TPSA) is 394 Å². The van der Waals surface area contributed by atoms with E-state index in [4.69, 9.17) is 11.5 Å². The Hall–Kier alpha value is -4.71. The summed E-state index contributed by atoms with van der Waals surface area (Å²) in [6.45, 7) is 0. The number of aromatic hydroxyl groups is 1. The van der Waals surface area contributed by atoms with Gasteiger partial charge in [0.1, 0.15) is 42.3 Å². The van der Waals surface area contributed by atoms with Crippen LogP contribution in [0.4, 0.5) is 34.1 Å². The number of benzene rings is 4. The Labute approximate surface area is 275 Å². The fourth-order valence-corrected chi connectivity index (χ4v) is 7.18. The summed E-state index contributed by atoms with van der Waals surface area (Å²) in [7, 11) is -26.1. The van der Waals surface area contributed by atoms with Crippen LogP contribution in [0.25, 0.3) is 10.8 Å². The third-order valence-electron chi connectivity index (χ3n) is 6.15. The minimum atomic E-state index is -5.46. The van der Waals surface area contributed by atoms with E-state index in [1.807, 2.05) is 0 Å². The average molecular weight is 783 g/mol. The van der Waals surface area contributed by atoms with Crippen LogP contribution < -0.4 is 11.5 Å². The van der Waals surface area contributed by atoms with Gasteiger partial charge in [0.05, 0.1) is 16.0 Å². The second-order valence-electron chi connectivity index (χ2n) is 9.44. The molecule has 0 unspecified atom stereocenters. The minimum Gasteiger partial charge on any atom is -0.505 e. The van der Waals surface area contributed by atoms with E-state index in [9.17, 15) is 70.0 Å². The molecule has 0 saturated heterocycles. The van der Waals surface area contributed by atoms with Crippen molar-refractivity contribution >= 4 is 95.5 Å². The molecule has 22 nitrogen and oxygen atoms in total. The largest absolute Gasteiger partial charge is 0.505 e. The zero-order chi connectivity index (χ0) is 37.1. The molecule has 0 bridgehead atoms. The fourth-order valence-electron chi connectivity index (χ4n) is 4.09. The second-order valence-corrected chi connectivity index (χ2v) is 16.4. The monoisotopic (exact) mass is 782 g/mol. The van der Waals surface area contributed by atoms with Crippen molar-refractivity contribution in [3.05, 3.63) is 48.5 Å². The van der Waals surface area contributed by atoms with Gasteiger partial charge in [-0.15, -0.1) is 20.5 Å². The number of hydrogen-bond acceptors (Lipinski definition) is 17. The van der Waals surface area contributed by atoms with Gasteiger partial charge >= 0.3 is 0 Å². The van der Waals surface area contributed by atoms with E-state index in [-0.39, 0.29) is 5.69 Å². The average Bonchev–Trinajstić information content (AvgIpc) is 2.93. The summed E-state index contributed by atoms with van der Waals surface area (Å²) < 4.78 is 168. The van der Waals surface area contributed by atoms with Crippen LogP contribution in [-0.2, 0) is 50.6 Å². The quantitative estimate of drug-likeness (QED) is 0.0687. The number of nitrogen functional groups attached to an aromatic ring is 2. The Bertz CT molecular complexity index is 2710. The van der Waals surface area contributed by atoms with E-state index in [1.165, 1.54) is 0 Å². The number of anilines is 2. The van der Waals surface area contributed by atoms with Crippen LogP contribution in [0.5, 0.6) is 5.75 Å². The predicted molar refractivity (Wildman–Crippen MR) is 165 cm³/mol. The SMILES string of the molecule is Nc1ccc(N=Nc2c(S(=O)(=O)O)cc3cc(S(=O)(=O)O)c(N=Nc4cc(S(=O)(=O)O)ccc4S(=O)(=O)O)c(O)c3c2N)c(S(=O)(=O)O)c1. The van der Waals surface area contributed by atoms with Crippen LogP contribution in [0.1, 0.15) is 0 Å². The van der Waals surface area contributed by atoms with Gasteiger partial charge in [-0.3, -0.25) is 22.8 Å². The molecule has 0 radical (unpaired) electrons. The summed E-state index contributed by atoms with van der Waals surface area (Å²) >= 11 is 0. The minimum absolute atomic E-state index is 0.162. The third-order valence-corrected chi connectivity index (χ3v) is 10.5. The first-order chi connectivity index (χ1) is 22.2. The Morgan fingerprint density at radius 1 is 0.490 bits per heavy atom. The molecule has 4 aromatic carbocycles. The fraction of sp³-hybridized carbons (Fsp3) is 0. The zero-order valence-electron chi connectivity index (χ0n) is 23.4. The van der Waals surface area contributed by atoms with Crippen molar-refractivity contribution in [1.82, 2.24) is 0 Å². The summed E-state index contributed by atoms with van der Waals surface area (Å²) in [6.07, 6.45) is 0. The van der Waals surface area contributed by atoms with Gasteiger partial charge in [-0.05, 0) is 53.9 Å². The molecular weight excluding hydrogens is 765 g/mol. The Kier molecular flexibility index (Phi) is 9.33. The lowest BCUT2D eigenvalue weighted by molar-refractivity contribution is 0.472. The van der Waals surface area contributed by atoms with Gasteiger partial charge in [0.2, 0.25) is 0 Å². The maximum atomic E-state index is 12.3. The third kappa shape index (κ3) is 7.80. The van der Waals surface area contributed by atoms with Gasteiger partial charge in [-0.1, -0.05) is 0 Å². The maximum Gasteiger partial charge on any atom is 0.296 e. The molecule has 0 heterocycles. The van der Waals surface area contributed by atoms with E-state index in [2.05, 4.69) is 20.5 Å². The number of phenols is 1. The molecule has 49 heavy (non-hydrogen) atoms. The van der Waals surface area contributed by atoms with Gasteiger partial charge < -0.3 is 16.6 Å². The van der Waals surface area contributed by atoms with E-state index in [1.54, 1.807) is 0 Å². The van der Waals surface area contributed by atoms with Gasteiger partial charge in [0, 0.05) is 5.69 Å². The van der Waals surface area contributed by atoms with Crippen LogP contribution in [0.2, 0.25) is 0 Å². The first kappa shape index (κ1) is 37.1. The molecule has 0 aliphatic rings. The highest BCUT2D eigenvalue weighted by Crippen LogP contribution is 2.48. The molecular formula is C22H18N6O16S5.